The number of anilines is 2. The van der Waals surface area contributed by atoms with Crippen LogP contribution in [0.15, 0.2) is 36.4 Å². The highest BCUT2D eigenvalue weighted by Gasteiger charge is 2.26. The Hall–Kier alpha value is -5.04. The number of nitrogens with two attached hydrogens (primary N) is 2. The quantitative estimate of drug-likeness (QED) is 0.139. The van der Waals surface area contributed by atoms with Crippen molar-refractivity contribution in [3.63, 3.8) is 0 Å². The van der Waals surface area contributed by atoms with Crippen LogP contribution in [0.3, 0.4) is 0 Å². The molecule has 18 heteroatoms. The third kappa shape index (κ3) is 19.8. The van der Waals surface area contributed by atoms with Crippen LogP contribution in [0.25, 0.3) is 0 Å². The number of fused-ring (bicyclic) bond motifs is 2. The zero-order valence-electron chi connectivity index (χ0n) is 36.0. The van der Waals surface area contributed by atoms with Gasteiger partial charge in [-0.1, -0.05) is 0 Å². The molecular weight excluding hydrogens is 780 g/mol. The number of carbonyl (C=O) groups is 4. The molecule has 4 amide bonds. The lowest BCUT2D eigenvalue weighted by molar-refractivity contribution is -0.119. The van der Waals surface area contributed by atoms with Crippen molar-refractivity contribution in [2.24, 2.45) is 11.5 Å². The molecule has 0 unspecified atom stereocenters. The van der Waals surface area contributed by atoms with Crippen molar-refractivity contribution >= 4 is 35.4 Å². The summed E-state index contributed by atoms with van der Waals surface area (Å²) >= 11 is 0. The molecule has 0 saturated heterocycles. The summed E-state index contributed by atoms with van der Waals surface area (Å²) in [7, 11) is 0. The molecule has 0 aliphatic carbocycles. The van der Waals surface area contributed by atoms with Gasteiger partial charge in [0.2, 0.25) is 11.8 Å². The predicted molar refractivity (Wildman–Crippen MR) is 226 cm³/mol. The molecule has 2 atom stereocenters. The van der Waals surface area contributed by atoms with Gasteiger partial charge in [-0.25, -0.2) is 9.59 Å². The minimum absolute atomic E-state index is 0.158. The summed E-state index contributed by atoms with van der Waals surface area (Å²) in [5.41, 5.74) is 10.7. The number of benzene rings is 2. The van der Waals surface area contributed by atoms with Gasteiger partial charge in [0.1, 0.15) is 49.7 Å². The molecule has 0 fully saturated rings. The molecule has 0 spiro atoms. The van der Waals surface area contributed by atoms with Crippen LogP contribution in [0, 0.1) is 0 Å². The van der Waals surface area contributed by atoms with Crippen LogP contribution in [-0.4, -0.2) is 113 Å². The summed E-state index contributed by atoms with van der Waals surface area (Å²) in [6.07, 6.45) is 2.01. The second kappa shape index (κ2) is 25.6. The number of carbonyl (C=O) groups excluding carboxylic acids is 4. The summed E-state index contributed by atoms with van der Waals surface area (Å²) in [5.74, 6) is 0.754. The first-order valence-electron chi connectivity index (χ1n) is 20.5. The third-order valence-corrected chi connectivity index (χ3v) is 8.27. The lowest BCUT2D eigenvalue weighted by Crippen LogP contribution is -2.45. The minimum atomic E-state index is -0.852. The van der Waals surface area contributed by atoms with E-state index in [0.717, 1.165) is 0 Å². The van der Waals surface area contributed by atoms with E-state index in [1.54, 1.807) is 77.9 Å². The van der Waals surface area contributed by atoms with Crippen LogP contribution in [0.4, 0.5) is 21.0 Å². The van der Waals surface area contributed by atoms with Crippen LogP contribution < -0.4 is 51.7 Å². The Labute approximate surface area is 353 Å². The molecule has 3 rings (SSSR count). The van der Waals surface area contributed by atoms with E-state index in [0.29, 0.717) is 86.0 Å². The molecule has 0 saturated carbocycles. The van der Waals surface area contributed by atoms with Crippen LogP contribution in [0.1, 0.15) is 80.1 Å². The minimum Gasteiger partial charge on any atom is -0.487 e. The Morgan fingerprint density at radius 1 is 0.550 bits per heavy atom. The monoisotopic (exact) mass is 846 g/mol. The van der Waals surface area contributed by atoms with Crippen molar-refractivity contribution in [3.8, 4) is 23.0 Å². The Balaban J connectivity index is 1.64. The van der Waals surface area contributed by atoms with E-state index in [1.165, 1.54) is 0 Å². The smallest absolute Gasteiger partial charge is 0.408 e. The van der Waals surface area contributed by atoms with E-state index < -0.39 is 47.3 Å². The SMILES string of the molecule is CC(C)(C)OC(=O)N[C@@H](CCCCN)C(=O)Nc1ccc2c(c1)OCCOCCOc1ccc(NC(=O)[C@H](CCCCN)NC(=O)OC(C)(C)C)cc1OCCOCCO2. The highest BCUT2D eigenvalue weighted by atomic mass is 16.6. The van der Waals surface area contributed by atoms with Crippen molar-refractivity contribution in [1.29, 1.82) is 0 Å². The first kappa shape index (κ1) is 49.3. The second-order valence-electron chi connectivity index (χ2n) is 15.9. The maximum Gasteiger partial charge on any atom is 0.408 e. The number of hydrogen-bond acceptors (Lipinski definition) is 14. The Morgan fingerprint density at radius 3 is 1.23 bits per heavy atom. The molecule has 336 valence electrons. The van der Waals surface area contributed by atoms with Crippen molar-refractivity contribution in [2.45, 2.75) is 103 Å². The lowest BCUT2D eigenvalue weighted by Gasteiger charge is -2.23. The van der Waals surface area contributed by atoms with Crippen LogP contribution in [0.5, 0.6) is 23.0 Å². The van der Waals surface area contributed by atoms with Gasteiger partial charge >= 0.3 is 12.2 Å². The topological polar surface area (TPSA) is 242 Å². The van der Waals surface area contributed by atoms with Gasteiger partial charge in [0.25, 0.3) is 0 Å². The normalized spacial score (nSPS) is 15.2. The fourth-order valence-corrected chi connectivity index (χ4v) is 5.56. The highest BCUT2D eigenvalue weighted by Crippen LogP contribution is 2.32. The van der Waals surface area contributed by atoms with Gasteiger partial charge in [-0.2, -0.15) is 0 Å². The van der Waals surface area contributed by atoms with Crippen LogP contribution in [0.2, 0.25) is 0 Å². The van der Waals surface area contributed by atoms with Crippen molar-refractivity contribution < 1.29 is 57.1 Å². The molecule has 2 aromatic carbocycles. The summed E-state index contributed by atoms with van der Waals surface area (Å²) in [4.78, 5) is 51.7. The van der Waals surface area contributed by atoms with Crippen LogP contribution in [-0.2, 0) is 28.5 Å². The molecule has 60 heavy (non-hydrogen) atoms. The van der Waals surface area contributed by atoms with E-state index in [2.05, 4.69) is 21.3 Å². The zero-order chi connectivity index (χ0) is 44.0. The largest absolute Gasteiger partial charge is 0.487 e. The molecule has 18 nitrogen and oxygen atoms in total. The first-order chi connectivity index (χ1) is 28.6. The average Bonchev–Trinajstić information content (AvgIpc) is 3.16. The molecule has 1 aliphatic rings. The Kier molecular flexibility index (Phi) is 21.0. The fraction of sp³-hybridized carbons (Fsp3) is 0.619. The van der Waals surface area contributed by atoms with Crippen molar-refractivity contribution in [1.82, 2.24) is 10.6 Å². The Morgan fingerprint density at radius 2 is 0.900 bits per heavy atom. The van der Waals surface area contributed by atoms with Crippen molar-refractivity contribution in [3.05, 3.63) is 36.4 Å². The highest BCUT2D eigenvalue weighted by molar-refractivity contribution is 5.97. The molecule has 2 aromatic rings. The number of rotatable bonds is 14. The zero-order valence-corrected chi connectivity index (χ0v) is 36.0. The van der Waals surface area contributed by atoms with E-state index in [4.69, 9.17) is 49.4 Å². The number of alkyl carbamates (subject to hydrolysis) is 2. The lowest BCUT2D eigenvalue weighted by atomic mass is 10.1. The van der Waals surface area contributed by atoms with Crippen molar-refractivity contribution in [2.75, 3.05) is 76.6 Å². The number of nitrogens with one attached hydrogen (secondary N) is 4. The van der Waals surface area contributed by atoms with E-state index in [1.807, 2.05) is 0 Å². The van der Waals surface area contributed by atoms with Gasteiger partial charge in [0, 0.05) is 23.5 Å². The van der Waals surface area contributed by atoms with Gasteiger partial charge < -0.3 is 70.6 Å². The van der Waals surface area contributed by atoms with E-state index in [9.17, 15) is 19.2 Å². The van der Waals surface area contributed by atoms with Gasteiger partial charge in [-0.05, 0) is 117 Å². The molecule has 1 heterocycles. The molecular formula is C42H66N6O12. The molecule has 8 N–H and O–H groups in total. The number of ether oxygens (including phenoxy) is 8. The van der Waals surface area contributed by atoms with Gasteiger partial charge in [0.05, 0.1) is 26.4 Å². The maximum atomic E-state index is 13.4. The van der Waals surface area contributed by atoms with Crippen LogP contribution >= 0.6 is 0 Å². The Bertz CT molecular complexity index is 1530. The third-order valence-electron chi connectivity index (χ3n) is 8.27. The summed E-state index contributed by atoms with van der Waals surface area (Å²) in [6, 6.07) is 8.27. The maximum absolute atomic E-state index is 13.4. The molecule has 0 radical (unpaired) electrons. The van der Waals surface area contributed by atoms with Gasteiger partial charge in [-0.15, -0.1) is 0 Å². The second-order valence-corrected chi connectivity index (χ2v) is 15.9. The fourth-order valence-electron chi connectivity index (χ4n) is 5.56. The van der Waals surface area contributed by atoms with E-state index in [-0.39, 0.29) is 52.9 Å². The number of hydrogen-bond donors (Lipinski definition) is 6. The van der Waals surface area contributed by atoms with Gasteiger partial charge in [-0.3, -0.25) is 9.59 Å². The number of unbranched alkanes of at least 4 members (excludes halogenated alkanes) is 2. The predicted octanol–water partition coefficient (Wildman–Crippen LogP) is 4.87. The molecule has 0 aromatic heterocycles. The summed E-state index contributed by atoms with van der Waals surface area (Å²) in [6.45, 7) is 13.0. The summed E-state index contributed by atoms with van der Waals surface area (Å²) in [5, 5.41) is 11.1. The van der Waals surface area contributed by atoms with Gasteiger partial charge in [0.15, 0.2) is 23.0 Å². The number of amides is 4. The average molecular weight is 847 g/mol. The summed E-state index contributed by atoms with van der Waals surface area (Å²) < 4.78 is 46.3. The molecule has 1 aliphatic heterocycles. The first-order valence-corrected chi connectivity index (χ1v) is 20.5. The standard InChI is InChI=1S/C42H66N6O12/c1-41(2,3)59-39(51)47-31(11-7-9-17-43)37(49)45-29-13-15-33-35(27-29)57-25-21-53-20-24-56-34-16-14-30(28-36(34)58-26-22-54-19-23-55-33)46-38(50)32(12-8-10-18-44)48-40(52)60-42(4,5)6/h13-16,27-28,31-32H,7-12,17-26,43-44H2,1-6H3,(H,45,49)(H,46,50)(H,47,51)(H,48,52)/t31-,32-/m0/s1. The van der Waals surface area contributed by atoms with E-state index >= 15 is 0 Å². The molecule has 0 bridgehead atoms.